The summed E-state index contributed by atoms with van der Waals surface area (Å²) in [5.41, 5.74) is 12.7. The molecule has 3 fully saturated rings. The third kappa shape index (κ3) is 7.01. The standard InChI is InChI=1S/C27H38N6O.C2H5NO/c1-27(13-17-32(18-14-27)22-7-3-4-8-22)20-9-11-21(12-10-20)30-26-24(25(28)34)29-19-23(31-26)33-15-5-2-6-16-33;1-2(3)4/h9-12,19,22H,2-8,13-18H2,1H3,(H2,28,34)(H,30,31);1H3,(H2,3,4). The fourth-order valence-corrected chi connectivity index (χ4v) is 5.96. The lowest BCUT2D eigenvalue weighted by atomic mass is 9.74. The first-order chi connectivity index (χ1) is 18.2. The maximum absolute atomic E-state index is 12.0. The topological polar surface area (TPSA) is 130 Å². The van der Waals surface area contributed by atoms with Crippen molar-refractivity contribution in [3.8, 4) is 0 Å². The average molecular weight is 522 g/mol. The minimum atomic E-state index is -0.571. The second-order valence-corrected chi connectivity index (χ2v) is 11.2. The largest absolute Gasteiger partial charge is 0.370 e. The van der Waals surface area contributed by atoms with Crippen LogP contribution in [0.25, 0.3) is 0 Å². The van der Waals surface area contributed by atoms with Gasteiger partial charge in [-0.1, -0.05) is 31.9 Å². The van der Waals surface area contributed by atoms with Crippen LogP contribution < -0.4 is 21.7 Å². The number of likely N-dealkylation sites (tertiary alicyclic amines) is 1. The predicted octanol–water partition coefficient (Wildman–Crippen LogP) is 4.10. The van der Waals surface area contributed by atoms with Gasteiger partial charge in [-0.15, -0.1) is 0 Å². The molecule has 2 aliphatic heterocycles. The van der Waals surface area contributed by atoms with Gasteiger partial charge in [0.1, 0.15) is 5.82 Å². The van der Waals surface area contributed by atoms with Crippen LogP contribution in [-0.4, -0.2) is 58.9 Å². The number of piperidine rings is 2. The molecule has 9 heteroatoms. The molecule has 0 spiro atoms. The van der Waals surface area contributed by atoms with E-state index in [9.17, 15) is 9.59 Å². The number of nitrogens with one attached hydrogen (secondary N) is 1. The Labute approximate surface area is 226 Å². The molecule has 3 aliphatic rings. The van der Waals surface area contributed by atoms with Crippen molar-refractivity contribution in [2.24, 2.45) is 11.5 Å². The molecule has 0 atom stereocenters. The Balaban J connectivity index is 0.000000786. The second-order valence-electron chi connectivity index (χ2n) is 11.2. The quantitative estimate of drug-likeness (QED) is 0.522. The molecule has 2 amide bonds. The zero-order valence-electron chi connectivity index (χ0n) is 22.9. The minimum Gasteiger partial charge on any atom is -0.370 e. The number of aromatic nitrogens is 2. The van der Waals surface area contributed by atoms with E-state index in [-0.39, 0.29) is 17.0 Å². The number of hydrogen-bond acceptors (Lipinski definition) is 7. The first-order valence-corrected chi connectivity index (χ1v) is 14.0. The number of nitrogens with two attached hydrogens (primary N) is 2. The van der Waals surface area contributed by atoms with Crippen LogP contribution in [0.1, 0.15) is 87.7 Å². The van der Waals surface area contributed by atoms with E-state index in [1.165, 1.54) is 70.5 Å². The van der Waals surface area contributed by atoms with Crippen molar-refractivity contribution in [3.63, 3.8) is 0 Å². The molecule has 1 aromatic heterocycles. The molecule has 0 radical (unpaired) electrons. The van der Waals surface area contributed by atoms with E-state index in [2.05, 4.69) is 57.0 Å². The Morgan fingerprint density at radius 2 is 1.55 bits per heavy atom. The lowest BCUT2D eigenvalue weighted by Crippen LogP contribution is -2.45. The molecule has 38 heavy (non-hydrogen) atoms. The minimum absolute atomic E-state index is 0.177. The van der Waals surface area contributed by atoms with Gasteiger partial charge in [-0.3, -0.25) is 9.59 Å². The van der Waals surface area contributed by atoms with Crippen molar-refractivity contribution in [2.45, 2.75) is 83.1 Å². The zero-order valence-corrected chi connectivity index (χ0v) is 22.9. The summed E-state index contributed by atoms with van der Waals surface area (Å²) in [7, 11) is 0. The zero-order chi connectivity index (χ0) is 27.1. The molecule has 1 aromatic carbocycles. The molecule has 9 nitrogen and oxygen atoms in total. The molecule has 206 valence electrons. The van der Waals surface area contributed by atoms with Gasteiger partial charge < -0.3 is 26.6 Å². The van der Waals surface area contributed by atoms with E-state index in [1.54, 1.807) is 6.20 Å². The van der Waals surface area contributed by atoms with Crippen molar-refractivity contribution < 1.29 is 9.59 Å². The molecule has 1 aliphatic carbocycles. The number of amides is 2. The number of rotatable bonds is 6. The summed E-state index contributed by atoms with van der Waals surface area (Å²) in [6.07, 6.45) is 13.2. The summed E-state index contributed by atoms with van der Waals surface area (Å²) in [5, 5.41) is 3.31. The van der Waals surface area contributed by atoms with E-state index in [0.29, 0.717) is 5.82 Å². The summed E-state index contributed by atoms with van der Waals surface area (Å²) < 4.78 is 0. The highest BCUT2D eigenvalue weighted by Gasteiger charge is 2.34. The average Bonchev–Trinajstić information content (AvgIpc) is 3.45. The Bertz CT molecular complexity index is 1080. The van der Waals surface area contributed by atoms with Crippen LogP contribution >= 0.6 is 0 Å². The van der Waals surface area contributed by atoms with Gasteiger partial charge >= 0.3 is 0 Å². The fraction of sp³-hybridized carbons (Fsp3) is 0.586. The molecular formula is C29H43N7O2. The number of nitrogens with zero attached hydrogens (tertiary/aromatic N) is 4. The number of carbonyl (C=O) groups excluding carboxylic acids is 2. The van der Waals surface area contributed by atoms with Gasteiger partial charge in [-0.25, -0.2) is 9.97 Å². The molecule has 5 rings (SSSR count). The van der Waals surface area contributed by atoms with Crippen molar-refractivity contribution in [3.05, 3.63) is 41.7 Å². The van der Waals surface area contributed by atoms with E-state index < -0.39 is 5.91 Å². The third-order valence-electron chi connectivity index (χ3n) is 8.26. The number of benzene rings is 1. The Hall–Kier alpha value is -3.20. The van der Waals surface area contributed by atoms with Crippen LogP contribution in [0, 0.1) is 0 Å². The van der Waals surface area contributed by atoms with E-state index in [0.717, 1.165) is 43.5 Å². The van der Waals surface area contributed by atoms with Crippen molar-refractivity contribution in [1.29, 1.82) is 0 Å². The van der Waals surface area contributed by atoms with Gasteiger partial charge in [0, 0.05) is 31.7 Å². The van der Waals surface area contributed by atoms with Gasteiger partial charge in [0.05, 0.1) is 6.20 Å². The van der Waals surface area contributed by atoms with Gasteiger partial charge in [-0.05, 0) is 81.1 Å². The molecule has 3 heterocycles. The SMILES string of the molecule is CC(N)=O.CC1(c2ccc(Nc3nc(N4CCCCC4)cnc3C(N)=O)cc2)CCN(C2CCCC2)CC1. The van der Waals surface area contributed by atoms with E-state index in [4.69, 9.17) is 10.7 Å². The highest BCUT2D eigenvalue weighted by Crippen LogP contribution is 2.38. The summed E-state index contributed by atoms with van der Waals surface area (Å²) in [4.78, 5) is 35.2. The first kappa shape index (κ1) is 27.8. The van der Waals surface area contributed by atoms with Crippen LogP contribution in [0.2, 0.25) is 0 Å². The van der Waals surface area contributed by atoms with Gasteiger partial charge in [0.2, 0.25) is 5.91 Å². The molecule has 2 saturated heterocycles. The Morgan fingerprint density at radius 1 is 0.947 bits per heavy atom. The van der Waals surface area contributed by atoms with Crippen LogP contribution in [0.3, 0.4) is 0 Å². The predicted molar refractivity (Wildman–Crippen MR) is 152 cm³/mol. The summed E-state index contributed by atoms with van der Waals surface area (Å²) in [5.74, 6) is 0.322. The number of carbonyl (C=O) groups is 2. The molecule has 0 bridgehead atoms. The lowest BCUT2D eigenvalue weighted by molar-refractivity contribution is -0.115. The van der Waals surface area contributed by atoms with Gasteiger partial charge in [-0.2, -0.15) is 0 Å². The second kappa shape index (κ2) is 12.6. The Morgan fingerprint density at radius 3 is 2.13 bits per heavy atom. The van der Waals surface area contributed by atoms with Gasteiger partial charge in [0.25, 0.3) is 5.91 Å². The van der Waals surface area contributed by atoms with Crippen molar-refractivity contribution >= 4 is 29.1 Å². The molecule has 1 saturated carbocycles. The van der Waals surface area contributed by atoms with Crippen molar-refractivity contribution in [1.82, 2.24) is 14.9 Å². The lowest BCUT2D eigenvalue weighted by Gasteiger charge is -2.42. The molecule has 2 aromatic rings. The van der Waals surface area contributed by atoms with Crippen LogP contribution in [0.15, 0.2) is 30.5 Å². The van der Waals surface area contributed by atoms with Gasteiger partial charge in [0.15, 0.2) is 11.5 Å². The number of anilines is 3. The van der Waals surface area contributed by atoms with Crippen LogP contribution in [0.4, 0.5) is 17.3 Å². The number of primary amides is 2. The van der Waals surface area contributed by atoms with Crippen molar-refractivity contribution in [2.75, 3.05) is 36.4 Å². The normalized spacial score (nSPS) is 19.9. The fourth-order valence-electron chi connectivity index (χ4n) is 5.96. The molecule has 0 unspecified atom stereocenters. The Kier molecular flexibility index (Phi) is 9.20. The third-order valence-corrected chi connectivity index (χ3v) is 8.26. The summed E-state index contributed by atoms with van der Waals surface area (Å²) >= 11 is 0. The summed E-state index contributed by atoms with van der Waals surface area (Å²) in [6, 6.07) is 9.43. The first-order valence-electron chi connectivity index (χ1n) is 14.0. The molecule has 5 N–H and O–H groups in total. The molecular weight excluding hydrogens is 478 g/mol. The van der Waals surface area contributed by atoms with E-state index in [1.807, 2.05) is 0 Å². The highest BCUT2D eigenvalue weighted by atomic mass is 16.1. The maximum Gasteiger partial charge on any atom is 0.271 e. The van der Waals surface area contributed by atoms with Crippen LogP contribution in [-0.2, 0) is 10.2 Å². The number of hydrogen-bond donors (Lipinski definition) is 3. The smallest absolute Gasteiger partial charge is 0.271 e. The summed E-state index contributed by atoms with van der Waals surface area (Å²) in [6.45, 7) is 8.04. The maximum atomic E-state index is 12.0. The van der Waals surface area contributed by atoms with E-state index >= 15 is 0 Å². The van der Waals surface area contributed by atoms with Crippen LogP contribution in [0.5, 0.6) is 0 Å². The monoisotopic (exact) mass is 521 g/mol. The highest BCUT2D eigenvalue weighted by molar-refractivity contribution is 5.96.